The number of benzene rings is 3. The number of hydrogen-bond acceptors (Lipinski definition) is 5. The van der Waals surface area contributed by atoms with Crippen LogP contribution < -0.4 is 4.74 Å². The van der Waals surface area contributed by atoms with E-state index in [0.29, 0.717) is 35.3 Å². The largest absolute Gasteiger partial charge is 0.497 e. The Kier molecular flexibility index (Phi) is 7.55. The first-order valence-electron chi connectivity index (χ1n) is 12.8. The number of carbonyl (C=O) groups excluding carboxylic acids is 1. The fourth-order valence-corrected chi connectivity index (χ4v) is 6.11. The molecule has 2 aliphatic rings. The molecule has 7 heteroatoms. The molecule has 0 spiro atoms. The quantitative estimate of drug-likeness (QED) is 0.327. The summed E-state index contributed by atoms with van der Waals surface area (Å²) in [7, 11) is -2.38. The minimum absolute atomic E-state index is 0.0810. The maximum Gasteiger partial charge on any atom is 0.266 e. The second-order valence-corrected chi connectivity index (χ2v) is 11.4. The minimum atomic E-state index is -3.99. The molecule has 1 heterocycles. The molecule has 1 aliphatic heterocycles. The summed E-state index contributed by atoms with van der Waals surface area (Å²) < 4.78 is 41.0. The van der Waals surface area contributed by atoms with Gasteiger partial charge in [0.15, 0.2) is 0 Å². The van der Waals surface area contributed by atoms with Gasteiger partial charge in [-0.25, -0.2) is 17.5 Å². The van der Waals surface area contributed by atoms with Gasteiger partial charge in [0.05, 0.1) is 18.6 Å². The van der Waals surface area contributed by atoms with E-state index < -0.39 is 10.0 Å². The van der Waals surface area contributed by atoms with Gasteiger partial charge in [-0.2, -0.15) is 0 Å². The zero-order chi connectivity index (χ0) is 27.4. The van der Waals surface area contributed by atoms with E-state index in [1.165, 1.54) is 4.31 Å². The lowest BCUT2D eigenvalue weighted by atomic mass is 9.86. The van der Waals surface area contributed by atoms with Crippen LogP contribution in [0.5, 0.6) is 5.75 Å². The van der Waals surface area contributed by atoms with Crippen molar-refractivity contribution < 1.29 is 22.7 Å². The van der Waals surface area contributed by atoms with E-state index in [0.717, 1.165) is 28.9 Å². The Morgan fingerprint density at radius 3 is 2.36 bits per heavy atom. The molecular weight excluding hydrogens is 510 g/mol. The number of nitrogens with zero attached hydrogens (tertiary/aromatic N) is 1. The van der Waals surface area contributed by atoms with Crippen LogP contribution in [-0.2, 0) is 26.1 Å². The molecule has 0 bridgehead atoms. The van der Waals surface area contributed by atoms with Crippen molar-refractivity contribution in [2.24, 2.45) is 0 Å². The highest BCUT2D eigenvalue weighted by atomic mass is 32.2. The first-order chi connectivity index (χ1) is 18.9. The van der Waals surface area contributed by atoms with Gasteiger partial charge in [-0.1, -0.05) is 60.2 Å². The van der Waals surface area contributed by atoms with E-state index in [9.17, 15) is 13.2 Å². The molecule has 0 radical (unpaired) electrons. The first-order valence-corrected chi connectivity index (χ1v) is 14.2. The lowest BCUT2D eigenvalue weighted by Gasteiger charge is -2.33. The lowest BCUT2D eigenvalue weighted by molar-refractivity contribution is 0.198. The van der Waals surface area contributed by atoms with Crippen LogP contribution in [0, 0.1) is 6.92 Å². The van der Waals surface area contributed by atoms with Crippen molar-refractivity contribution in [2.75, 3.05) is 7.11 Å². The van der Waals surface area contributed by atoms with Crippen LogP contribution >= 0.6 is 0 Å². The fourth-order valence-electron chi connectivity index (χ4n) is 4.73. The Balaban J connectivity index is 1.65. The summed E-state index contributed by atoms with van der Waals surface area (Å²) in [5.74, 6) is 3.58. The molecule has 0 unspecified atom stereocenters. The predicted octanol–water partition coefficient (Wildman–Crippen LogP) is 6.35. The van der Waals surface area contributed by atoms with Crippen LogP contribution in [0.4, 0.5) is 0 Å². The second kappa shape index (κ2) is 11.2. The number of rotatable bonds is 7. The van der Waals surface area contributed by atoms with Gasteiger partial charge in [0.2, 0.25) is 5.88 Å². The molecule has 39 heavy (non-hydrogen) atoms. The number of allylic oxidation sites excluding steroid dienone is 5. The van der Waals surface area contributed by atoms with Crippen LogP contribution in [0.3, 0.4) is 0 Å². The summed E-state index contributed by atoms with van der Waals surface area (Å²) in [6, 6.07) is 23.7. The third-order valence-electron chi connectivity index (χ3n) is 6.79. The van der Waals surface area contributed by atoms with Crippen LogP contribution in [-0.4, -0.2) is 25.8 Å². The van der Waals surface area contributed by atoms with Gasteiger partial charge in [-0.05, 0) is 66.8 Å². The van der Waals surface area contributed by atoms with E-state index in [4.69, 9.17) is 9.47 Å². The van der Waals surface area contributed by atoms with Crippen molar-refractivity contribution in [2.45, 2.75) is 37.6 Å². The Hall–Kier alpha value is -4.32. The zero-order valence-corrected chi connectivity index (χ0v) is 22.7. The van der Waals surface area contributed by atoms with E-state index in [1.807, 2.05) is 67.6 Å². The Morgan fingerprint density at radius 2 is 1.69 bits per heavy atom. The van der Waals surface area contributed by atoms with Gasteiger partial charge in [0.1, 0.15) is 17.5 Å². The Labute approximate surface area is 229 Å². The van der Waals surface area contributed by atoms with E-state index in [-0.39, 0.29) is 17.3 Å². The first kappa shape index (κ1) is 26.3. The Bertz CT molecular complexity index is 1610. The van der Waals surface area contributed by atoms with Crippen LogP contribution in [0.2, 0.25) is 0 Å². The molecule has 0 saturated carbocycles. The van der Waals surface area contributed by atoms with Gasteiger partial charge in [0.25, 0.3) is 10.0 Å². The van der Waals surface area contributed by atoms with Crippen molar-refractivity contribution >= 4 is 22.0 Å². The van der Waals surface area contributed by atoms with Gasteiger partial charge < -0.3 is 9.47 Å². The summed E-state index contributed by atoms with van der Waals surface area (Å²) in [6.07, 6.45) is 5.53. The monoisotopic (exact) mass is 539 g/mol. The van der Waals surface area contributed by atoms with Crippen molar-refractivity contribution in [3.63, 3.8) is 0 Å². The summed E-state index contributed by atoms with van der Waals surface area (Å²) in [6.45, 7) is 1.99. The SMILES string of the molecule is COc1ccc(C=C2C=C(N(Cc3ccccc3)S(=O)(=O)c3ccc(C)cc3)OC3=C2C(=C=O)CCC3)cc1. The van der Waals surface area contributed by atoms with Gasteiger partial charge in [-0.15, -0.1) is 0 Å². The molecule has 0 aromatic heterocycles. The second-order valence-electron chi connectivity index (χ2n) is 9.50. The number of methoxy groups -OCH3 is 1. The Morgan fingerprint density at radius 1 is 0.974 bits per heavy atom. The van der Waals surface area contributed by atoms with Crippen LogP contribution in [0.1, 0.15) is 36.0 Å². The smallest absolute Gasteiger partial charge is 0.266 e. The molecule has 3 aromatic rings. The highest BCUT2D eigenvalue weighted by Gasteiger charge is 2.34. The predicted molar refractivity (Wildman–Crippen MR) is 151 cm³/mol. The van der Waals surface area contributed by atoms with Gasteiger partial charge in [0, 0.05) is 23.6 Å². The highest BCUT2D eigenvalue weighted by molar-refractivity contribution is 7.89. The van der Waals surface area contributed by atoms with Crippen molar-refractivity contribution in [1.29, 1.82) is 0 Å². The molecule has 0 amide bonds. The normalized spacial score (nSPS) is 16.2. The number of sulfonamides is 1. The average molecular weight is 540 g/mol. The summed E-state index contributed by atoms with van der Waals surface area (Å²) in [5.41, 5.74) is 4.57. The molecule has 5 rings (SSSR count). The van der Waals surface area contributed by atoms with E-state index in [1.54, 1.807) is 37.5 Å². The van der Waals surface area contributed by atoms with Crippen LogP contribution in [0.25, 0.3) is 6.08 Å². The third-order valence-corrected chi connectivity index (χ3v) is 8.55. The number of hydrogen-bond donors (Lipinski definition) is 0. The molecule has 0 N–H and O–H groups in total. The topological polar surface area (TPSA) is 72.9 Å². The van der Waals surface area contributed by atoms with Crippen LogP contribution in [0.15, 0.2) is 118 Å². The van der Waals surface area contributed by atoms with Crippen molar-refractivity contribution in [3.05, 3.63) is 130 Å². The highest BCUT2D eigenvalue weighted by Crippen LogP contribution is 2.41. The van der Waals surface area contributed by atoms with E-state index in [2.05, 4.69) is 5.94 Å². The number of aryl methyl sites for hydroxylation is 1. The molecule has 198 valence electrons. The van der Waals surface area contributed by atoms with Crippen molar-refractivity contribution in [3.8, 4) is 5.75 Å². The molecular formula is C32H29NO5S. The maximum atomic E-state index is 14.1. The number of ether oxygens (including phenoxy) is 2. The molecule has 0 atom stereocenters. The molecule has 1 aliphatic carbocycles. The van der Waals surface area contributed by atoms with Gasteiger partial charge >= 0.3 is 0 Å². The summed E-state index contributed by atoms with van der Waals surface area (Å²) >= 11 is 0. The maximum absolute atomic E-state index is 14.1. The molecule has 0 saturated heterocycles. The zero-order valence-electron chi connectivity index (χ0n) is 21.9. The molecule has 0 fully saturated rings. The average Bonchev–Trinajstić information content (AvgIpc) is 2.96. The van der Waals surface area contributed by atoms with Gasteiger partial charge in [-0.3, -0.25) is 0 Å². The fraction of sp³-hybridized carbons (Fsp3) is 0.188. The third kappa shape index (κ3) is 5.60. The minimum Gasteiger partial charge on any atom is -0.497 e. The lowest BCUT2D eigenvalue weighted by Crippen LogP contribution is -2.33. The van der Waals surface area contributed by atoms with E-state index >= 15 is 0 Å². The summed E-state index contributed by atoms with van der Waals surface area (Å²) in [5, 5.41) is 0. The van der Waals surface area contributed by atoms with Crippen molar-refractivity contribution in [1.82, 2.24) is 4.31 Å². The summed E-state index contributed by atoms with van der Waals surface area (Å²) in [4.78, 5) is 12.1. The standard InChI is InChI=1S/C32H29NO5S/c1-23-11-17-29(18-12-23)39(35,36)33(21-25-7-4-3-5-8-25)31-20-27(19-24-13-15-28(37-2)16-14-24)32-26(22-34)9-6-10-30(32)38-31/h3-5,7-8,11-20H,6,9-10,21H2,1-2H3. The molecule has 6 nitrogen and oxygen atoms in total. The molecule has 3 aromatic carbocycles.